The van der Waals surface area contributed by atoms with Gasteiger partial charge in [-0.3, -0.25) is 4.68 Å². The number of rotatable bonds is 7. The van der Waals surface area contributed by atoms with E-state index >= 15 is 4.39 Å². The summed E-state index contributed by atoms with van der Waals surface area (Å²) in [6.07, 6.45) is -3.67. The lowest BCUT2D eigenvalue weighted by Gasteiger charge is -2.17. The van der Waals surface area contributed by atoms with E-state index in [9.17, 15) is 27.9 Å². The van der Waals surface area contributed by atoms with Crippen LogP contribution in [0.15, 0.2) is 12.1 Å². The molecule has 38 heavy (non-hydrogen) atoms. The first-order valence-corrected chi connectivity index (χ1v) is 12.3. The van der Waals surface area contributed by atoms with Gasteiger partial charge in [0.05, 0.1) is 35.7 Å². The standard InChI is InChI=1S/C25H23F5N6O2/c26-14-7-10(32)6-12(24(14)38-25(28,29)30)21-20(27)23-19(15(34-21)2-1-5-31)22(35-36(23)11-3-4-11)18-13-8-33-16(9-37)17(13)18/h6-7,11,13,16-18,33,37H,1-4,8-9,32H2/t13-,16?,17-,18+/m0/s1. The number of nitriles is 1. The SMILES string of the molecule is N#CCCc1nc(-c2cc(N)cc(F)c2OC(F)(F)F)c(F)c2c1c([C@@H]1[C@H]3CNC(CO)[C@H]31)nn2C1CC1. The number of anilines is 1. The first kappa shape index (κ1) is 24.8. The molecule has 0 spiro atoms. The Labute approximate surface area is 213 Å². The summed E-state index contributed by atoms with van der Waals surface area (Å²) in [6, 6.07) is 3.43. The normalized spacial score (nSPS) is 24.4. The van der Waals surface area contributed by atoms with E-state index in [1.807, 2.05) is 6.07 Å². The minimum absolute atomic E-state index is 0.0107. The van der Waals surface area contributed by atoms with E-state index in [1.54, 1.807) is 4.68 Å². The third kappa shape index (κ3) is 4.03. The highest BCUT2D eigenvalue weighted by molar-refractivity contribution is 5.90. The predicted octanol–water partition coefficient (Wildman–Crippen LogP) is 3.94. The van der Waals surface area contributed by atoms with Crippen molar-refractivity contribution in [3.8, 4) is 23.1 Å². The highest BCUT2D eigenvalue weighted by Gasteiger charge is 2.60. The van der Waals surface area contributed by atoms with Crippen LogP contribution >= 0.6 is 0 Å². The summed E-state index contributed by atoms with van der Waals surface area (Å²) in [5.74, 6) is -3.38. The van der Waals surface area contributed by atoms with Crippen LogP contribution in [0.1, 0.15) is 42.6 Å². The molecule has 2 saturated carbocycles. The van der Waals surface area contributed by atoms with Crippen molar-refractivity contribution in [2.75, 3.05) is 18.9 Å². The number of aryl methyl sites for hydroxylation is 1. The van der Waals surface area contributed by atoms with Crippen LogP contribution in [0.3, 0.4) is 0 Å². The van der Waals surface area contributed by atoms with Gasteiger partial charge < -0.3 is 20.9 Å². The second-order valence-corrected chi connectivity index (χ2v) is 10.1. The molecule has 1 saturated heterocycles. The smallest absolute Gasteiger partial charge is 0.402 e. The number of halogens is 5. The maximum Gasteiger partial charge on any atom is 0.573 e. The molecule has 3 aromatic rings. The van der Waals surface area contributed by atoms with E-state index in [1.165, 1.54) is 0 Å². The van der Waals surface area contributed by atoms with E-state index < -0.39 is 35.0 Å². The Morgan fingerprint density at radius 1 is 1.26 bits per heavy atom. The van der Waals surface area contributed by atoms with Crippen molar-refractivity contribution >= 4 is 16.6 Å². The lowest BCUT2D eigenvalue weighted by molar-refractivity contribution is -0.275. The molecule has 3 fully saturated rings. The molecule has 200 valence electrons. The second kappa shape index (κ2) is 8.78. The summed E-state index contributed by atoms with van der Waals surface area (Å²) >= 11 is 0. The number of alkyl halides is 3. The molecule has 0 bridgehead atoms. The topological polar surface area (TPSA) is 122 Å². The van der Waals surface area contributed by atoms with Crippen LogP contribution in [0.25, 0.3) is 22.2 Å². The molecule has 0 radical (unpaired) electrons. The van der Waals surface area contributed by atoms with Gasteiger partial charge in [-0.05, 0) is 37.3 Å². The quantitative estimate of drug-likeness (QED) is 0.310. The number of fused-ring (bicyclic) bond motifs is 2. The molecule has 8 nitrogen and oxygen atoms in total. The number of nitrogen functional groups attached to an aromatic ring is 1. The molecule has 1 unspecified atom stereocenters. The second-order valence-electron chi connectivity index (χ2n) is 10.1. The van der Waals surface area contributed by atoms with E-state index in [0.717, 1.165) is 18.9 Å². The summed E-state index contributed by atoms with van der Waals surface area (Å²) in [7, 11) is 0. The molecule has 1 aliphatic heterocycles. The molecule has 2 aromatic heterocycles. The van der Waals surface area contributed by atoms with Gasteiger partial charge in [-0.25, -0.2) is 13.8 Å². The van der Waals surface area contributed by atoms with E-state index in [-0.39, 0.29) is 66.2 Å². The number of nitrogens with two attached hydrogens (primary N) is 1. The van der Waals surface area contributed by atoms with Crippen LogP contribution in [-0.4, -0.2) is 45.4 Å². The number of ether oxygens (including phenoxy) is 1. The van der Waals surface area contributed by atoms with E-state index in [4.69, 9.17) is 10.8 Å². The molecule has 4 atom stereocenters. The number of aliphatic hydroxyl groups excluding tert-OH is 1. The minimum Gasteiger partial charge on any atom is -0.402 e. The van der Waals surface area contributed by atoms with Crippen molar-refractivity contribution < 1.29 is 31.8 Å². The highest BCUT2D eigenvalue weighted by Crippen LogP contribution is 2.60. The number of nitrogens with zero attached hydrogens (tertiary/aromatic N) is 4. The molecule has 3 aliphatic rings. The average molecular weight is 534 g/mol. The van der Waals surface area contributed by atoms with E-state index in [2.05, 4.69) is 15.0 Å². The van der Waals surface area contributed by atoms with Gasteiger partial charge >= 0.3 is 6.36 Å². The number of pyridine rings is 1. The highest BCUT2D eigenvalue weighted by atomic mass is 19.4. The van der Waals surface area contributed by atoms with Gasteiger partial charge in [-0.1, -0.05) is 0 Å². The van der Waals surface area contributed by atoms with Crippen LogP contribution in [0.4, 0.5) is 27.6 Å². The molecule has 0 amide bonds. The number of hydrogen-bond donors (Lipinski definition) is 3. The fraction of sp³-hybridized carbons (Fsp3) is 0.480. The molecular formula is C25H23F5N6O2. The minimum atomic E-state index is -5.25. The first-order chi connectivity index (χ1) is 18.1. The maximum absolute atomic E-state index is 16.4. The summed E-state index contributed by atoms with van der Waals surface area (Å²) in [6.45, 7) is 0.612. The molecule has 4 N–H and O–H groups in total. The van der Waals surface area contributed by atoms with Crippen molar-refractivity contribution in [3.05, 3.63) is 35.2 Å². The van der Waals surface area contributed by atoms with Gasteiger partial charge in [-0.15, -0.1) is 13.2 Å². The molecule has 1 aromatic carbocycles. The van der Waals surface area contributed by atoms with Gasteiger partial charge in [0.25, 0.3) is 0 Å². The van der Waals surface area contributed by atoms with Crippen LogP contribution in [-0.2, 0) is 6.42 Å². The zero-order valence-electron chi connectivity index (χ0n) is 19.9. The maximum atomic E-state index is 16.4. The number of nitrogens with one attached hydrogen (secondary N) is 1. The van der Waals surface area contributed by atoms with E-state index in [0.29, 0.717) is 23.7 Å². The average Bonchev–Trinajstić information content (AvgIpc) is 3.75. The molecular weight excluding hydrogens is 511 g/mol. The summed E-state index contributed by atoms with van der Waals surface area (Å²) in [5, 5.41) is 27.5. The molecule has 13 heteroatoms. The fourth-order valence-electron chi connectivity index (χ4n) is 5.87. The van der Waals surface area contributed by atoms with Crippen LogP contribution in [0.2, 0.25) is 0 Å². The molecule has 6 rings (SSSR count). The largest absolute Gasteiger partial charge is 0.573 e. The van der Waals surface area contributed by atoms with Crippen molar-refractivity contribution in [1.29, 1.82) is 5.26 Å². The number of aromatic nitrogens is 3. The van der Waals surface area contributed by atoms with Crippen molar-refractivity contribution in [2.24, 2.45) is 11.8 Å². The lowest BCUT2D eigenvalue weighted by Crippen LogP contribution is -2.31. The monoisotopic (exact) mass is 534 g/mol. The van der Waals surface area contributed by atoms with Crippen molar-refractivity contribution in [1.82, 2.24) is 20.1 Å². The van der Waals surface area contributed by atoms with Gasteiger partial charge in [0.1, 0.15) is 11.2 Å². The third-order valence-electron chi connectivity index (χ3n) is 7.62. The van der Waals surface area contributed by atoms with Crippen LogP contribution < -0.4 is 15.8 Å². The Morgan fingerprint density at radius 3 is 2.68 bits per heavy atom. The Hall–Kier alpha value is -3.50. The van der Waals surface area contributed by atoms with Crippen molar-refractivity contribution in [3.63, 3.8) is 0 Å². The van der Waals surface area contributed by atoms with Gasteiger partial charge in [0, 0.05) is 41.9 Å². The Bertz CT molecular complexity index is 1480. The molecule has 3 heterocycles. The Balaban J connectivity index is 1.59. The number of piperidine rings is 1. The van der Waals surface area contributed by atoms with Gasteiger partial charge in [0.15, 0.2) is 17.4 Å². The fourth-order valence-corrected chi connectivity index (χ4v) is 5.87. The first-order valence-electron chi connectivity index (χ1n) is 12.3. The zero-order valence-corrected chi connectivity index (χ0v) is 19.9. The Kier molecular flexibility index (Phi) is 5.73. The van der Waals surface area contributed by atoms with Crippen LogP contribution in [0.5, 0.6) is 5.75 Å². The molecule has 2 aliphatic carbocycles. The third-order valence-corrected chi connectivity index (χ3v) is 7.62. The van der Waals surface area contributed by atoms with Gasteiger partial charge in [-0.2, -0.15) is 10.4 Å². The summed E-state index contributed by atoms with van der Waals surface area (Å²) in [4.78, 5) is 4.36. The lowest BCUT2D eigenvalue weighted by atomic mass is 10.0. The van der Waals surface area contributed by atoms with Crippen molar-refractivity contribution in [2.45, 2.75) is 50.0 Å². The zero-order chi connectivity index (χ0) is 26.9. The summed E-state index contributed by atoms with van der Waals surface area (Å²) < 4.78 is 76.0. The summed E-state index contributed by atoms with van der Waals surface area (Å²) in [5.41, 5.74) is 5.27. The number of benzene rings is 1. The number of aliphatic hydroxyl groups is 1. The predicted molar refractivity (Wildman–Crippen MR) is 125 cm³/mol. The van der Waals surface area contributed by atoms with Crippen LogP contribution in [0, 0.1) is 34.8 Å². The Morgan fingerprint density at radius 2 is 2.03 bits per heavy atom. The van der Waals surface area contributed by atoms with Gasteiger partial charge in [0.2, 0.25) is 0 Å². The number of hydrogen-bond acceptors (Lipinski definition) is 7.